The molecule has 1 aromatic carbocycles. The molecule has 1 fully saturated rings. The zero-order chi connectivity index (χ0) is 14.5. The molecule has 1 aliphatic rings. The van der Waals surface area contributed by atoms with E-state index in [1.165, 1.54) is 6.42 Å². The summed E-state index contributed by atoms with van der Waals surface area (Å²) in [5.41, 5.74) is 0.454. The van der Waals surface area contributed by atoms with Crippen LogP contribution in [0, 0.1) is 0 Å². The van der Waals surface area contributed by atoms with E-state index in [0.29, 0.717) is 15.6 Å². The quantitative estimate of drug-likeness (QED) is 0.921. The third-order valence-electron chi connectivity index (χ3n) is 3.64. The topological polar surface area (TPSA) is 32.3 Å². The van der Waals surface area contributed by atoms with E-state index >= 15 is 0 Å². The molecule has 3 nitrogen and oxygen atoms in total. The molecule has 5 heteroatoms. The highest BCUT2D eigenvalue weighted by Gasteiger charge is 2.21. The second-order valence-corrected chi connectivity index (χ2v) is 6.06. The van der Waals surface area contributed by atoms with Gasteiger partial charge in [-0.1, -0.05) is 30.1 Å². The van der Waals surface area contributed by atoms with E-state index in [2.05, 4.69) is 17.1 Å². The van der Waals surface area contributed by atoms with E-state index in [1.54, 1.807) is 18.2 Å². The van der Waals surface area contributed by atoms with Gasteiger partial charge in [-0.3, -0.25) is 4.79 Å². The van der Waals surface area contributed by atoms with Crippen LogP contribution in [0.15, 0.2) is 18.2 Å². The number of nitrogens with one attached hydrogen (secondary N) is 1. The maximum absolute atomic E-state index is 12.2. The fraction of sp³-hybridized carbons (Fsp3) is 0.533. The summed E-state index contributed by atoms with van der Waals surface area (Å²) in [6, 6.07) is 5.18. The summed E-state index contributed by atoms with van der Waals surface area (Å²) in [7, 11) is 0. The minimum absolute atomic E-state index is 0.133. The highest BCUT2D eigenvalue weighted by Crippen LogP contribution is 2.21. The van der Waals surface area contributed by atoms with Crippen molar-refractivity contribution in [3.05, 3.63) is 33.8 Å². The second kappa shape index (κ2) is 7.30. The van der Waals surface area contributed by atoms with Gasteiger partial charge >= 0.3 is 0 Å². The van der Waals surface area contributed by atoms with Crippen molar-refractivity contribution < 1.29 is 4.79 Å². The van der Waals surface area contributed by atoms with E-state index in [9.17, 15) is 4.79 Å². The fourth-order valence-corrected chi connectivity index (χ4v) is 2.93. The van der Waals surface area contributed by atoms with Gasteiger partial charge in [0.25, 0.3) is 5.91 Å². The number of carbonyl (C=O) groups excluding carboxylic acids is 1. The summed E-state index contributed by atoms with van der Waals surface area (Å²) < 4.78 is 0. The molecular formula is C15H20Cl2N2O. The van der Waals surface area contributed by atoms with Gasteiger partial charge in [-0.2, -0.15) is 0 Å². The molecule has 1 heterocycles. The molecule has 0 aliphatic carbocycles. The molecule has 1 saturated heterocycles. The first-order chi connectivity index (χ1) is 9.60. The first-order valence-corrected chi connectivity index (χ1v) is 7.84. The predicted octanol–water partition coefficient (Wildman–Crippen LogP) is 3.60. The Labute approximate surface area is 130 Å². The van der Waals surface area contributed by atoms with E-state index < -0.39 is 0 Å². The van der Waals surface area contributed by atoms with Crippen LogP contribution in [0.25, 0.3) is 0 Å². The molecule has 1 N–H and O–H groups in total. The van der Waals surface area contributed by atoms with Gasteiger partial charge in [0, 0.05) is 24.2 Å². The maximum Gasteiger partial charge on any atom is 0.253 e. The number of piperidine rings is 1. The number of hydrogen-bond acceptors (Lipinski definition) is 2. The van der Waals surface area contributed by atoms with Crippen molar-refractivity contribution in [2.75, 3.05) is 19.6 Å². The SMILES string of the molecule is CCCN1CCC(NC(=O)c2cc(Cl)ccc2Cl)CC1. The summed E-state index contributed by atoms with van der Waals surface area (Å²) in [6.45, 7) is 5.42. The van der Waals surface area contributed by atoms with Crippen molar-refractivity contribution in [3.8, 4) is 0 Å². The summed E-state index contributed by atoms with van der Waals surface area (Å²) in [5.74, 6) is -0.133. The Morgan fingerprint density at radius 1 is 1.35 bits per heavy atom. The van der Waals surface area contributed by atoms with Crippen molar-refractivity contribution in [3.63, 3.8) is 0 Å². The molecule has 1 aromatic rings. The molecule has 1 amide bonds. The number of nitrogens with zero attached hydrogens (tertiary/aromatic N) is 1. The van der Waals surface area contributed by atoms with Gasteiger partial charge in [-0.05, 0) is 44.0 Å². The number of amides is 1. The van der Waals surface area contributed by atoms with Crippen molar-refractivity contribution in [1.82, 2.24) is 10.2 Å². The highest BCUT2D eigenvalue weighted by atomic mass is 35.5. The normalized spacial score (nSPS) is 17.1. The molecule has 0 bridgehead atoms. The maximum atomic E-state index is 12.2. The molecule has 1 aliphatic heterocycles. The van der Waals surface area contributed by atoms with Gasteiger partial charge < -0.3 is 10.2 Å². The van der Waals surface area contributed by atoms with Gasteiger partial charge in [0.2, 0.25) is 0 Å². The van der Waals surface area contributed by atoms with Gasteiger partial charge in [-0.25, -0.2) is 0 Å². The third-order valence-corrected chi connectivity index (χ3v) is 4.20. The number of carbonyl (C=O) groups is 1. The molecule has 0 saturated carbocycles. The van der Waals surface area contributed by atoms with Crippen molar-refractivity contribution >= 4 is 29.1 Å². The van der Waals surface area contributed by atoms with Crippen LogP contribution in [0.1, 0.15) is 36.5 Å². The van der Waals surface area contributed by atoms with Crippen molar-refractivity contribution in [2.24, 2.45) is 0 Å². The Kier molecular flexibility index (Phi) is 5.70. The van der Waals surface area contributed by atoms with E-state index in [1.807, 2.05) is 0 Å². The van der Waals surface area contributed by atoms with Crippen LogP contribution in [0.5, 0.6) is 0 Å². The molecule has 2 rings (SSSR count). The lowest BCUT2D eigenvalue weighted by atomic mass is 10.0. The summed E-state index contributed by atoms with van der Waals surface area (Å²) in [5, 5.41) is 4.02. The average molecular weight is 315 g/mol. The van der Waals surface area contributed by atoms with Gasteiger partial charge in [0.15, 0.2) is 0 Å². The Bertz CT molecular complexity index is 471. The molecule has 0 radical (unpaired) electrons. The number of rotatable bonds is 4. The van der Waals surface area contributed by atoms with Crippen LogP contribution in [0.3, 0.4) is 0 Å². The average Bonchev–Trinajstić information content (AvgIpc) is 2.44. The largest absolute Gasteiger partial charge is 0.349 e. The Hall–Kier alpha value is -0.770. The molecule has 110 valence electrons. The van der Waals surface area contributed by atoms with Crippen molar-refractivity contribution in [1.29, 1.82) is 0 Å². The molecule has 0 unspecified atom stereocenters. The zero-order valence-corrected chi connectivity index (χ0v) is 13.2. The number of hydrogen-bond donors (Lipinski definition) is 1. The van der Waals surface area contributed by atoms with E-state index in [0.717, 1.165) is 32.5 Å². The Morgan fingerprint density at radius 2 is 2.05 bits per heavy atom. The molecule has 20 heavy (non-hydrogen) atoms. The number of halogens is 2. The van der Waals surface area contributed by atoms with Crippen molar-refractivity contribution in [2.45, 2.75) is 32.2 Å². The van der Waals surface area contributed by atoms with Crippen LogP contribution in [-0.2, 0) is 0 Å². The van der Waals surface area contributed by atoms with E-state index in [-0.39, 0.29) is 11.9 Å². The number of benzene rings is 1. The summed E-state index contributed by atoms with van der Waals surface area (Å²) in [4.78, 5) is 14.7. The van der Waals surface area contributed by atoms with Crippen LogP contribution >= 0.6 is 23.2 Å². The first-order valence-electron chi connectivity index (χ1n) is 7.08. The first kappa shape index (κ1) is 15.6. The zero-order valence-electron chi connectivity index (χ0n) is 11.7. The highest BCUT2D eigenvalue weighted by molar-refractivity contribution is 6.35. The minimum atomic E-state index is -0.133. The lowest BCUT2D eigenvalue weighted by Crippen LogP contribution is -2.44. The Balaban J connectivity index is 1.91. The summed E-state index contributed by atoms with van der Waals surface area (Å²) in [6.07, 6.45) is 3.16. The number of likely N-dealkylation sites (tertiary alicyclic amines) is 1. The third kappa shape index (κ3) is 4.11. The molecule has 0 spiro atoms. The van der Waals surface area contributed by atoms with Crippen LogP contribution in [0.4, 0.5) is 0 Å². The smallest absolute Gasteiger partial charge is 0.253 e. The Morgan fingerprint density at radius 3 is 2.70 bits per heavy atom. The predicted molar refractivity (Wildman–Crippen MR) is 83.7 cm³/mol. The van der Waals surface area contributed by atoms with Gasteiger partial charge in [0.1, 0.15) is 0 Å². The van der Waals surface area contributed by atoms with Crippen LogP contribution in [-0.4, -0.2) is 36.5 Å². The second-order valence-electron chi connectivity index (χ2n) is 5.21. The van der Waals surface area contributed by atoms with Gasteiger partial charge in [0.05, 0.1) is 10.6 Å². The minimum Gasteiger partial charge on any atom is -0.349 e. The van der Waals surface area contributed by atoms with Crippen LogP contribution in [0.2, 0.25) is 10.0 Å². The van der Waals surface area contributed by atoms with Gasteiger partial charge in [-0.15, -0.1) is 0 Å². The lowest BCUT2D eigenvalue weighted by molar-refractivity contribution is 0.0911. The summed E-state index contributed by atoms with van der Waals surface area (Å²) >= 11 is 12.0. The monoisotopic (exact) mass is 314 g/mol. The van der Waals surface area contributed by atoms with E-state index in [4.69, 9.17) is 23.2 Å². The fourth-order valence-electron chi connectivity index (χ4n) is 2.55. The molecule has 0 atom stereocenters. The lowest BCUT2D eigenvalue weighted by Gasteiger charge is -2.32. The molecular weight excluding hydrogens is 295 g/mol. The molecule has 0 aromatic heterocycles. The standard InChI is InChI=1S/C15H20Cl2N2O/c1-2-7-19-8-5-12(6-9-19)18-15(20)13-10-11(16)3-4-14(13)17/h3-4,10,12H,2,5-9H2,1H3,(H,18,20). The van der Waals surface area contributed by atoms with Crippen LogP contribution < -0.4 is 5.32 Å².